The summed E-state index contributed by atoms with van der Waals surface area (Å²) in [6.45, 7) is 0. The van der Waals surface area contributed by atoms with Crippen LogP contribution in [0.15, 0.2) is 28.7 Å². The smallest absolute Gasteiger partial charge is 0.407 e. The molecule has 1 aromatic rings. The van der Waals surface area contributed by atoms with Crippen molar-refractivity contribution in [2.75, 3.05) is 14.2 Å². The summed E-state index contributed by atoms with van der Waals surface area (Å²) in [5.41, 5.74) is 0.893. The minimum atomic E-state index is -0.777. The lowest BCUT2D eigenvalue weighted by atomic mass is 10.1. The van der Waals surface area contributed by atoms with E-state index in [1.807, 2.05) is 24.3 Å². The maximum absolute atomic E-state index is 11.6. The third-order valence-electron chi connectivity index (χ3n) is 2.35. The predicted octanol–water partition coefficient (Wildman–Crippen LogP) is 1.89. The third-order valence-corrected chi connectivity index (χ3v) is 3.12. The van der Waals surface area contributed by atoms with Gasteiger partial charge in [0.05, 0.1) is 14.2 Å². The van der Waals surface area contributed by atoms with E-state index in [0.29, 0.717) is 6.42 Å². The fraction of sp³-hybridized carbons (Fsp3) is 0.333. The van der Waals surface area contributed by atoms with Crippen LogP contribution in [-0.4, -0.2) is 32.3 Å². The standard InChI is InChI=1S/C12H14BrNO4/c1-17-11(15)10(14-12(16)18-2)7-8-5-3-4-6-9(8)13/h3-6,10H,7H2,1-2H3,(H,14,16)/t10-/m1/s1. The molecule has 0 saturated heterocycles. The zero-order valence-corrected chi connectivity index (χ0v) is 11.7. The van der Waals surface area contributed by atoms with Crippen molar-refractivity contribution < 1.29 is 19.1 Å². The molecule has 0 aliphatic rings. The molecule has 0 heterocycles. The van der Waals surface area contributed by atoms with Gasteiger partial charge in [-0.05, 0) is 11.6 Å². The van der Waals surface area contributed by atoms with Crippen LogP contribution < -0.4 is 5.32 Å². The first kappa shape index (κ1) is 14.5. The summed E-state index contributed by atoms with van der Waals surface area (Å²) in [5, 5.41) is 2.44. The highest BCUT2D eigenvalue weighted by Crippen LogP contribution is 2.17. The van der Waals surface area contributed by atoms with Crippen LogP contribution in [0, 0.1) is 0 Å². The molecule has 0 saturated carbocycles. The van der Waals surface area contributed by atoms with Crippen molar-refractivity contribution in [3.05, 3.63) is 34.3 Å². The van der Waals surface area contributed by atoms with Gasteiger partial charge in [-0.25, -0.2) is 9.59 Å². The van der Waals surface area contributed by atoms with Gasteiger partial charge in [0.25, 0.3) is 0 Å². The van der Waals surface area contributed by atoms with Crippen LogP contribution in [0.25, 0.3) is 0 Å². The highest BCUT2D eigenvalue weighted by Gasteiger charge is 2.22. The van der Waals surface area contributed by atoms with Gasteiger partial charge >= 0.3 is 12.1 Å². The van der Waals surface area contributed by atoms with Gasteiger partial charge in [0.1, 0.15) is 6.04 Å². The van der Waals surface area contributed by atoms with E-state index in [4.69, 9.17) is 0 Å². The lowest BCUT2D eigenvalue weighted by Crippen LogP contribution is -2.43. The molecule has 98 valence electrons. The van der Waals surface area contributed by atoms with Gasteiger partial charge in [-0.2, -0.15) is 0 Å². The quantitative estimate of drug-likeness (QED) is 0.862. The van der Waals surface area contributed by atoms with Crippen molar-refractivity contribution in [3.63, 3.8) is 0 Å². The lowest BCUT2D eigenvalue weighted by Gasteiger charge is -2.16. The number of halogens is 1. The van der Waals surface area contributed by atoms with Crippen molar-refractivity contribution in [2.24, 2.45) is 0 Å². The average Bonchev–Trinajstić information content (AvgIpc) is 2.39. The van der Waals surface area contributed by atoms with Crippen LogP contribution in [0.1, 0.15) is 5.56 Å². The van der Waals surface area contributed by atoms with Gasteiger partial charge in [-0.1, -0.05) is 34.1 Å². The fourth-order valence-corrected chi connectivity index (χ4v) is 1.87. The molecule has 1 aromatic carbocycles. The molecule has 1 N–H and O–H groups in total. The molecule has 0 bridgehead atoms. The molecule has 0 fully saturated rings. The van der Waals surface area contributed by atoms with Gasteiger partial charge in [0.2, 0.25) is 0 Å². The Kier molecular flexibility index (Phi) is 5.64. The van der Waals surface area contributed by atoms with Crippen LogP contribution in [-0.2, 0) is 20.7 Å². The Balaban J connectivity index is 2.82. The lowest BCUT2D eigenvalue weighted by molar-refractivity contribution is -0.142. The molecule has 18 heavy (non-hydrogen) atoms. The Labute approximate surface area is 114 Å². The van der Waals surface area contributed by atoms with E-state index < -0.39 is 18.1 Å². The second kappa shape index (κ2) is 7.00. The van der Waals surface area contributed by atoms with Gasteiger partial charge in [-0.3, -0.25) is 0 Å². The summed E-state index contributed by atoms with van der Waals surface area (Å²) in [7, 11) is 2.51. The van der Waals surface area contributed by atoms with Crippen molar-refractivity contribution in [1.29, 1.82) is 0 Å². The van der Waals surface area contributed by atoms with Crippen LogP contribution in [0.2, 0.25) is 0 Å². The van der Waals surface area contributed by atoms with E-state index in [9.17, 15) is 9.59 Å². The van der Waals surface area contributed by atoms with Gasteiger partial charge in [0, 0.05) is 10.9 Å². The minimum absolute atomic E-state index is 0.323. The number of carbonyl (C=O) groups excluding carboxylic acids is 2. The summed E-state index contributed by atoms with van der Waals surface area (Å²) < 4.78 is 9.99. The number of nitrogens with one attached hydrogen (secondary N) is 1. The molecular weight excluding hydrogens is 302 g/mol. The number of amides is 1. The molecule has 0 aromatic heterocycles. The zero-order valence-electron chi connectivity index (χ0n) is 10.1. The van der Waals surface area contributed by atoms with Gasteiger partial charge in [-0.15, -0.1) is 0 Å². The Morgan fingerprint density at radius 1 is 1.28 bits per heavy atom. The molecule has 1 rings (SSSR count). The monoisotopic (exact) mass is 315 g/mol. The zero-order chi connectivity index (χ0) is 13.5. The highest BCUT2D eigenvalue weighted by atomic mass is 79.9. The summed E-state index contributed by atoms with van der Waals surface area (Å²) in [5.74, 6) is -0.517. The maximum atomic E-state index is 11.6. The van der Waals surface area contributed by atoms with Crippen molar-refractivity contribution in [1.82, 2.24) is 5.32 Å². The first-order valence-electron chi connectivity index (χ1n) is 5.24. The number of esters is 1. The first-order valence-corrected chi connectivity index (χ1v) is 6.03. The molecule has 1 amide bonds. The maximum Gasteiger partial charge on any atom is 0.407 e. The number of hydrogen-bond acceptors (Lipinski definition) is 4. The Morgan fingerprint density at radius 2 is 1.94 bits per heavy atom. The highest BCUT2D eigenvalue weighted by molar-refractivity contribution is 9.10. The minimum Gasteiger partial charge on any atom is -0.467 e. The number of hydrogen-bond donors (Lipinski definition) is 1. The first-order chi connectivity index (χ1) is 8.58. The van der Waals surface area contributed by atoms with Crippen LogP contribution in [0.3, 0.4) is 0 Å². The molecule has 0 aliphatic carbocycles. The molecular formula is C12H14BrNO4. The number of benzene rings is 1. The predicted molar refractivity (Wildman–Crippen MR) is 69.2 cm³/mol. The molecule has 0 radical (unpaired) electrons. The van der Waals surface area contributed by atoms with E-state index in [0.717, 1.165) is 10.0 Å². The largest absolute Gasteiger partial charge is 0.467 e. The number of ether oxygens (including phenoxy) is 2. The SMILES string of the molecule is COC(=O)N[C@H](Cc1ccccc1Br)C(=O)OC. The second-order valence-electron chi connectivity index (χ2n) is 3.51. The van der Waals surface area contributed by atoms with E-state index >= 15 is 0 Å². The molecule has 1 atom stereocenters. The molecule has 0 spiro atoms. The number of alkyl carbamates (subject to hydrolysis) is 1. The van der Waals surface area contributed by atoms with Crippen LogP contribution in [0.5, 0.6) is 0 Å². The average molecular weight is 316 g/mol. The summed E-state index contributed by atoms with van der Waals surface area (Å²) >= 11 is 3.38. The van der Waals surface area contributed by atoms with E-state index in [-0.39, 0.29) is 0 Å². The molecule has 0 aliphatic heterocycles. The summed E-state index contributed by atoms with van der Waals surface area (Å²) in [4.78, 5) is 22.7. The van der Waals surface area contributed by atoms with Crippen LogP contribution >= 0.6 is 15.9 Å². The molecule has 6 heteroatoms. The van der Waals surface area contributed by atoms with Gasteiger partial charge in [0.15, 0.2) is 0 Å². The molecule has 0 unspecified atom stereocenters. The normalized spacial score (nSPS) is 11.5. The van der Waals surface area contributed by atoms with E-state index in [1.165, 1.54) is 14.2 Å². The topological polar surface area (TPSA) is 64.6 Å². The van der Waals surface area contributed by atoms with Crippen molar-refractivity contribution >= 4 is 28.0 Å². The number of carbonyl (C=O) groups is 2. The Hall–Kier alpha value is -1.56. The Bertz CT molecular complexity index is 436. The third kappa shape index (κ3) is 4.03. The summed E-state index contributed by atoms with van der Waals surface area (Å²) in [6, 6.07) is 6.67. The van der Waals surface area contributed by atoms with Crippen LogP contribution in [0.4, 0.5) is 4.79 Å². The summed E-state index contributed by atoms with van der Waals surface area (Å²) in [6.07, 6.45) is -0.346. The fourth-order valence-electron chi connectivity index (χ4n) is 1.42. The number of methoxy groups -OCH3 is 2. The second-order valence-corrected chi connectivity index (χ2v) is 4.36. The molecule has 5 nitrogen and oxygen atoms in total. The Morgan fingerprint density at radius 3 is 2.50 bits per heavy atom. The van der Waals surface area contributed by atoms with Gasteiger partial charge < -0.3 is 14.8 Å². The number of rotatable bonds is 4. The van der Waals surface area contributed by atoms with Crippen molar-refractivity contribution in [2.45, 2.75) is 12.5 Å². The van der Waals surface area contributed by atoms with E-state index in [2.05, 4.69) is 30.7 Å². The van der Waals surface area contributed by atoms with Crippen molar-refractivity contribution in [3.8, 4) is 0 Å². The van der Waals surface area contributed by atoms with E-state index in [1.54, 1.807) is 0 Å².